The predicted molar refractivity (Wildman–Crippen MR) is 61.3 cm³/mol. The Morgan fingerprint density at radius 3 is 2.56 bits per heavy atom. The standard InChI is InChI=1S/C10H13N3O5/c1-3-13(5-7(14)18-2)9(16)6-4-11-10(17)12-8(6)15/h4H,3,5H2,1-2H3,(H2,11,12,15,17). The lowest BCUT2D eigenvalue weighted by molar-refractivity contribution is -0.141. The number of methoxy groups -OCH3 is 1. The molecule has 0 radical (unpaired) electrons. The van der Waals surface area contributed by atoms with Crippen molar-refractivity contribution in [1.82, 2.24) is 14.9 Å². The van der Waals surface area contributed by atoms with Crippen LogP contribution >= 0.6 is 0 Å². The highest BCUT2D eigenvalue weighted by atomic mass is 16.5. The molecule has 0 unspecified atom stereocenters. The van der Waals surface area contributed by atoms with E-state index in [0.29, 0.717) is 0 Å². The van der Waals surface area contributed by atoms with Gasteiger partial charge in [0.1, 0.15) is 12.1 Å². The molecule has 0 aliphatic rings. The molecule has 0 saturated heterocycles. The summed E-state index contributed by atoms with van der Waals surface area (Å²) in [5.41, 5.74) is -1.74. The summed E-state index contributed by atoms with van der Waals surface area (Å²) in [6.07, 6.45) is 1.02. The van der Waals surface area contributed by atoms with Crippen LogP contribution in [0, 0.1) is 0 Å². The van der Waals surface area contributed by atoms with Gasteiger partial charge >= 0.3 is 11.7 Å². The van der Waals surface area contributed by atoms with Crippen molar-refractivity contribution in [2.24, 2.45) is 0 Å². The summed E-state index contributed by atoms with van der Waals surface area (Å²) in [6, 6.07) is 0. The number of aromatic nitrogens is 2. The van der Waals surface area contributed by atoms with Crippen molar-refractivity contribution >= 4 is 11.9 Å². The quantitative estimate of drug-likeness (QED) is 0.649. The van der Waals surface area contributed by atoms with E-state index < -0.39 is 23.1 Å². The van der Waals surface area contributed by atoms with Crippen LogP contribution in [0.25, 0.3) is 0 Å². The number of amides is 1. The van der Waals surface area contributed by atoms with E-state index in [-0.39, 0.29) is 18.7 Å². The molecular formula is C10H13N3O5. The molecule has 1 aromatic heterocycles. The van der Waals surface area contributed by atoms with E-state index in [4.69, 9.17) is 0 Å². The Morgan fingerprint density at radius 2 is 2.06 bits per heavy atom. The van der Waals surface area contributed by atoms with Crippen molar-refractivity contribution in [3.63, 3.8) is 0 Å². The van der Waals surface area contributed by atoms with Gasteiger partial charge in [0.2, 0.25) is 0 Å². The Hall–Kier alpha value is -2.38. The summed E-state index contributed by atoms with van der Waals surface area (Å²) in [4.78, 5) is 50.5. The lowest BCUT2D eigenvalue weighted by Crippen LogP contribution is -2.40. The summed E-state index contributed by atoms with van der Waals surface area (Å²) in [5, 5.41) is 0. The summed E-state index contributed by atoms with van der Waals surface area (Å²) in [7, 11) is 1.20. The average molecular weight is 255 g/mol. The van der Waals surface area contributed by atoms with Gasteiger partial charge in [-0.15, -0.1) is 0 Å². The molecule has 98 valence electrons. The molecule has 0 saturated carbocycles. The number of esters is 1. The first-order valence-corrected chi connectivity index (χ1v) is 5.17. The Labute approximate surface area is 102 Å². The fourth-order valence-electron chi connectivity index (χ4n) is 1.29. The molecule has 8 heteroatoms. The molecule has 18 heavy (non-hydrogen) atoms. The number of nitrogens with one attached hydrogen (secondary N) is 2. The fraction of sp³-hybridized carbons (Fsp3) is 0.400. The molecule has 1 rings (SSSR count). The number of carbonyl (C=O) groups excluding carboxylic acids is 2. The van der Waals surface area contributed by atoms with Gasteiger partial charge in [0.25, 0.3) is 11.5 Å². The van der Waals surface area contributed by atoms with Crippen molar-refractivity contribution < 1.29 is 14.3 Å². The minimum atomic E-state index is -0.799. The molecule has 2 N–H and O–H groups in total. The van der Waals surface area contributed by atoms with Crippen LogP contribution in [-0.2, 0) is 9.53 Å². The monoisotopic (exact) mass is 255 g/mol. The summed E-state index contributed by atoms with van der Waals surface area (Å²) < 4.78 is 4.44. The third-order valence-electron chi connectivity index (χ3n) is 2.27. The number of hydrogen-bond acceptors (Lipinski definition) is 5. The number of nitrogens with zero attached hydrogens (tertiary/aromatic N) is 1. The fourth-order valence-corrected chi connectivity index (χ4v) is 1.29. The van der Waals surface area contributed by atoms with E-state index in [1.165, 1.54) is 7.11 Å². The van der Waals surface area contributed by atoms with E-state index >= 15 is 0 Å². The number of aromatic amines is 2. The average Bonchev–Trinajstić information content (AvgIpc) is 2.34. The zero-order chi connectivity index (χ0) is 13.7. The van der Waals surface area contributed by atoms with Gasteiger partial charge in [0.15, 0.2) is 0 Å². The van der Waals surface area contributed by atoms with Gasteiger partial charge in [0.05, 0.1) is 7.11 Å². The van der Waals surface area contributed by atoms with Crippen LogP contribution in [-0.4, -0.2) is 46.9 Å². The highest BCUT2D eigenvalue weighted by molar-refractivity contribution is 5.95. The number of ether oxygens (including phenoxy) is 1. The maximum Gasteiger partial charge on any atom is 0.325 e. The van der Waals surface area contributed by atoms with Crippen LogP contribution in [0.4, 0.5) is 0 Å². The number of hydrogen-bond donors (Lipinski definition) is 2. The second-order valence-electron chi connectivity index (χ2n) is 3.38. The summed E-state index contributed by atoms with van der Waals surface area (Å²) in [5.74, 6) is -1.24. The lowest BCUT2D eigenvalue weighted by Gasteiger charge is -2.18. The van der Waals surface area contributed by atoms with Crippen molar-refractivity contribution in [3.05, 3.63) is 32.6 Å². The highest BCUT2D eigenvalue weighted by Gasteiger charge is 2.20. The first-order chi connectivity index (χ1) is 8.49. The van der Waals surface area contributed by atoms with Gasteiger partial charge in [-0.1, -0.05) is 0 Å². The Balaban J connectivity index is 3.00. The maximum atomic E-state index is 11.9. The number of likely N-dealkylation sites (N-methyl/N-ethyl adjacent to an activating group) is 1. The molecule has 0 atom stereocenters. The second-order valence-corrected chi connectivity index (χ2v) is 3.38. The Kier molecular flexibility index (Phi) is 4.41. The van der Waals surface area contributed by atoms with E-state index in [1.807, 2.05) is 4.98 Å². The van der Waals surface area contributed by atoms with Crippen LogP contribution in [0.5, 0.6) is 0 Å². The molecule has 0 aromatic carbocycles. The summed E-state index contributed by atoms with van der Waals surface area (Å²) >= 11 is 0. The largest absolute Gasteiger partial charge is 0.468 e. The third kappa shape index (κ3) is 3.06. The first-order valence-electron chi connectivity index (χ1n) is 5.17. The molecule has 1 amide bonds. The van der Waals surface area contributed by atoms with Crippen molar-refractivity contribution in [3.8, 4) is 0 Å². The van der Waals surface area contributed by atoms with Gasteiger partial charge in [-0.05, 0) is 6.92 Å². The molecule has 0 aliphatic carbocycles. The van der Waals surface area contributed by atoms with Crippen molar-refractivity contribution in [2.75, 3.05) is 20.2 Å². The minimum absolute atomic E-state index is 0.229. The molecule has 1 heterocycles. The van der Waals surface area contributed by atoms with Crippen LogP contribution in [0.15, 0.2) is 15.8 Å². The van der Waals surface area contributed by atoms with Gasteiger partial charge < -0.3 is 14.6 Å². The third-order valence-corrected chi connectivity index (χ3v) is 2.27. The van der Waals surface area contributed by atoms with Gasteiger partial charge in [-0.25, -0.2) is 4.79 Å². The molecule has 8 nitrogen and oxygen atoms in total. The molecule has 0 aliphatic heterocycles. The van der Waals surface area contributed by atoms with Crippen LogP contribution < -0.4 is 11.2 Å². The number of rotatable bonds is 4. The lowest BCUT2D eigenvalue weighted by atomic mass is 10.3. The van der Waals surface area contributed by atoms with Crippen molar-refractivity contribution in [2.45, 2.75) is 6.92 Å². The molecular weight excluding hydrogens is 242 g/mol. The number of H-pyrrole nitrogens is 2. The highest BCUT2D eigenvalue weighted by Crippen LogP contribution is 1.98. The maximum absolute atomic E-state index is 11.9. The zero-order valence-electron chi connectivity index (χ0n) is 9.98. The van der Waals surface area contributed by atoms with E-state index in [2.05, 4.69) is 9.72 Å². The summed E-state index contributed by atoms with van der Waals surface area (Å²) in [6.45, 7) is 1.62. The van der Waals surface area contributed by atoms with Gasteiger partial charge in [-0.3, -0.25) is 19.4 Å². The Bertz CT molecular complexity index is 559. The smallest absolute Gasteiger partial charge is 0.325 e. The van der Waals surface area contributed by atoms with E-state index in [0.717, 1.165) is 11.1 Å². The Morgan fingerprint density at radius 1 is 1.39 bits per heavy atom. The van der Waals surface area contributed by atoms with Crippen LogP contribution in [0.2, 0.25) is 0 Å². The molecule has 0 bridgehead atoms. The molecule has 0 fully saturated rings. The topological polar surface area (TPSA) is 112 Å². The normalized spacial score (nSPS) is 9.89. The van der Waals surface area contributed by atoms with Crippen LogP contribution in [0.1, 0.15) is 17.3 Å². The molecule has 1 aromatic rings. The molecule has 0 spiro atoms. The number of carbonyl (C=O) groups is 2. The van der Waals surface area contributed by atoms with Gasteiger partial charge in [-0.2, -0.15) is 0 Å². The van der Waals surface area contributed by atoms with Gasteiger partial charge in [0, 0.05) is 12.7 Å². The predicted octanol–water partition coefficient (Wildman–Crippen LogP) is -1.30. The first kappa shape index (κ1) is 13.7. The zero-order valence-corrected chi connectivity index (χ0v) is 9.98. The SMILES string of the molecule is CCN(CC(=O)OC)C(=O)c1c[nH]c(=O)[nH]c1=O. The van der Waals surface area contributed by atoms with E-state index in [9.17, 15) is 19.2 Å². The second kappa shape index (κ2) is 5.80. The van der Waals surface area contributed by atoms with Crippen LogP contribution in [0.3, 0.4) is 0 Å². The minimum Gasteiger partial charge on any atom is -0.468 e. The van der Waals surface area contributed by atoms with E-state index in [1.54, 1.807) is 6.92 Å². The van der Waals surface area contributed by atoms with Crippen molar-refractivity contribution in [1.29, 1.82) is 0 Å².